The van der Waals surface area contributed by atoms with Crippen LogP contribution in [0.15, 0.2) is 54.6 Å². The molecule has 0 aliphatic heterocycles. The van der Waals surface area contributed by atoms with E-state index in [1.807, 2.05) is 42.5 Å². The molecule has 1 unspecified atom stereocenters. The molecule has 0 saturated carbocycles. The van der Waals surface area contributed by atoms with Gasteiger partial charge in [0, 0.05) is 0 Å². The third-order valence-corrected chi connectivity index (χ3v) is 3.54. The van der Waals surface area contributed by atoms with Gasteiger partial charge in [-0.05, 0) is 29.5 Å². The van der Waals surface area contributed by atoms with E-state index in [-0.39, 0.29) is 12.1 Å². The third kappa shape index (κ3) is 2.68. The molecule has 2 nitrogen and oxygen atoms in total. The molecule has 19 heavy (non-hydrogen) atoms. The molecule has 2 aromatic rings. The molecule has 0 heterocycles. The number of fused-ring (bicyclic) bond motifs is 1. The van der Waals surface area contributed by atoms with Gasteiger partial charge < -0.3 is 4.74 Å². The average Bonchev–Trinajstić information content (AvgIpc) is 2.83. The van der Waals surface area contributed by atoms with E-state index in [4.69, 9.17) is 4.74 Å². The van der Waals surface area contributed by atoms with Crippen molar-refractivity contribution in [2.24, 2.45) is 0 Å². The van der Waals surface area contributed by atoms with Crippen LogP contribution in [-0.2, 0) is 22.4 Å². The molecule has 0 radical (unpaired) electrons. The van der Waals surface area contributed by atoms with E-state index in [0.717, 1.165) is 18.4 Å². The Labute approximate surface area is 113 Å². The first kappa shape index (κ1) is 12.0. The molecule has 0 spiro atoms. The van der Waals surface area contributed by atoms with E-state index < -0.39 is 0 Å². The Morgan fingerprint density at radius 1 is 1.05 bits per heavy atom. The SMILES string of the molecule is O=C(Cc1ccccc1)OC1CCc2ccccc21. The fourth-order valence-electron chi connectivity index (χ4n) is 2.60. The molecule has 3 rings (SSSR count). The molecule has 0 N–H and O–H groups in total. The maximum absolute atomic E-state index is 12.0. The predicted molar refractivity (Wildman–Crippen MR) is 73.7 cm³/mol. The van der Waals surface area contributed by atoms with Crippen LogP contribution in [0.2, 0.25) is 0 Å². The number of ether oxygens (including phenoxy) is 1. The molecular formula is C17H16O2. The lowest BCUT2D eigenvalue weighted by molar-refractivity contribution is -0.148. The molecule has 0 saturated heterocycles. The fourth-order valence-corrected chi connectivity index (χ4v) is 2.60. The smallest absolute Gasteiger partial charge is 0.310 e. The fraction of sp³-hybridized carbons (Fsp3) is 0.235. The zero-order chi connectivity index (χ0) is 13.1. The number of hydrogen-bond acceptors (Lipinski definition) is 2. The van der Waals surface area contributed by atoms with Crippen LogP contribution in [-0.4, -0.2) is 5.97 Å². The van der Waals surface area contributed by atoms with E-state index in [1.165, 1.54) is 11.1 Å². The molecule has 1 aliphatic carbocycles. The number of benzene rings is 2. The quantitative estimate of drug-likeness (QED) is 0.782. The molecule has 1 atom stereocenters. The Balaban J connectivity index is 1.65. The average molecular weight is 252 g/mol. The number of hydrogen-bond donors (Lipinski definition) is 0. The first-order valence-corrected chi connectivity index (χ1v) is 6.64. The molecule has 2 aromatic carbocycles. The number of aryl methyl sites for hydroxylation is 1. The Hall–Kier alpha value is -2.09. The summed E-state index contributed by atoms with van der Waals surface area (Å²) in [5, 5.41) is 0. The topological polar surface area (TPSA) is 26.3 Å². The maximum atomic E-state index is 12.0. The summed E-state index contributed by atoms with van der Waals surface area (Å²) in [6.07, 6.45) is 2.19. The predicted octanol–water partition coefficient (Wildman–Crippen LogP) is 3.46. The maximum Gasteiger partial charge on any atom is 0.310 e. The van der Waals surface area contributed by atoms with Crippen LogP contribution < -0.4 is 0 Å². The van der Waals surface area contributed by atoms with Gasteiger partial charge >= 0.3 is 5.97 Å². The number of carbonyl (C=O) groups excluding carboxylic acids is 1. The largest absolute Gasteiger partial charge is 0.457 e. The molecular weight excluding hydrogens is 236 g/mol. The van der Waals surface area contributed by atoms with Gasteiger partial charge in [0.15, 0.2) is 0 Å². The lowest BCUT2D eigenvalue weighted by atomic mass is 10.1. The van der Waals surface area contributed by atoms with Crippen molar-refractivity contribution in [1.82, 2.24) is 0 Å². The summed E-state index contributed by atoms with van der Waals surface area (Å²) in [6, 6.07) is 17.9. The zero-order valence-electron chi connectivity index (χ0n) is 10.7. The second-order valence-electron chi connectivity index (χ2n) is 4.88. The summed E-state index contributed by atoms with van der Waals surface area (Å²) < 4.78 is 5.60. The van der Waals surface area contributed by atoms with Crippen LogP contribution in [0.4, 0.5) is 0 Å². The molecule has 0 bridgehead atoms. The number of rotatable bonds is 3. The van der Waals surface area contributed by atoms with Gasteiger partial charge in [0.05, 0.1) is 6.42 Å². The number of carbonyl (C=O) groups is 1. The van der Waals surface area contributed by atoms with Crippen molar-refractivity contribution in [3.05, 3.63) is 71.3 Å². The van der Waals surface area contributed by atoms with Crippen LogP contribution in [0, 0.1) is 0 Å². The van der Waals surface area contributed by atoms with Crippen molar-refractivity contribution < 1.29 is 9.53 Å². The van der Waals surface area contributed by atoms with Crippen molar-refractivity contribution in [2.75, 3.05) is 0 Å². The van der Waals surface area contributed by atoms with Gasteiger partial charge in [0.25, 0.3) is 0 Å². The van der Waals surface area contributed by atoms with Crippen LogP contribution in [0.5, 0.6) is 0 Å². The van der Waals surface area contributed by atoms with Gasteiger partial charge in [-0.25, -0.2) is 0 Å². The van der Waals surface area contributed by atoms with E-state index >= 15 is 0 Å². The highest BCUT2D eigenvalue weighted by atomic mass is 16.5. The summed E-state index contributed by atoms with van der Waals surface area (Å²) in [6.45, 7) is 0. The van der Waals surface area contributed by atoms with Crippen LogP contribution in [0.3, 0.4) is 0 Å². The Bertz CT molecular complexity index is 575. The van der Waals surface area contributed by atoms with Crippen molar-refractivity contribution in [1.29, 1.82) is 0 Å². The molecule has 0 fully saturated rings. The highest BCUT2D eigenvalue weighted by Crippen LogP contribution is 2.33. The zero-order valence-corrected chi connectivity index (χ0v) is 10.7. The van der Waals surface area contributed by atoms with Crippen LogP contribution >= 0.6 is 0 Å². The Morgan fingerprint density at radius 3 is 2.63 bits per heavy atom. The van der Waals surface area contributed by atoms with Gasteiger partial charge in [-0.1, -0.05) is 54.6 Å². The van der Waals surface area contributed by atoms with Crippen LogP contribution in [0.1, 0.15) is 29.2 Å². The summed E-state index contributed by atoms with van der Waals surface area (Å²) in [5.74, 6) is -0.145. The molecule has 1 aliphatic rings. The minimum absolute atomic E-state index is 0.0626. The van der Waals surface area contributed by atoms with Crippen molar-refractivity contribution in [3.63, 3.8) is 0 Å². The Kier molecular flexibility index (Phi) is 3.32. The normalized spacial score (nSPS) is 16.9. The van der Waals surface area contributed by atoms with Gasteiger partial charge in [0.1, 0.15) is 6.10 Å². The first-order valence-electron chi connectivity index (χ1n) is 6.64. The second kappa shape index (κ2) is 5.27. The second-order valence-corrected chi connectivity index (χ2v) is 4.88. The van der Waals surface area contributed by atoms with Gasteiger partial charge in [0.2, 0.25) is 0 Å². The minimum Gasteiger partial charge on any atom is -0.457 e. The van der Waals surface area contributed by atoms with E-state index in [0.29, 0.717) is 6.42 Å². The van der Waals surface area contributed by atoms with Crippen molar-refractivity contribution in [3.8, 4) is 0 Å². The summed E-state index contributed by atoms with van der Waals surface area (Å²) in [7, 11) is 0. The van der Waals surface area contributed by atoms with Gasteiger partial charge in [-0.3, -0.25) is 4.79 Å². The lowest BCUT2D eigenvalue weighted by Gasteiger charge is -2.13. The summed E-state index contributed by atoms with van der Waals surface area (Å²) in [4.78, 5) is 12.0. The van der Waals surface area contributed by atoms with Gasteiger partial charge in [-0.2, -0.15) is 0 Å². The first-order chi connectivity index (χ1) is 9.33. The third-order valence-electron chi connectivity index (χ3n) is 3.54. The summed E-state index contributed by atoms with van der Waals surface area (Å²) in [5.41, 5.74) is 3.47. The molecule has 0 aromatic heterocycles. The van der Waals surface area contributed by atoms with Crippen molar-refractivity contribution in [2.45, 2.75) is 25.4 Å². The standard InChI is InChI=1S/C17H16O2/c18-17(12-13-6-2-1-3-7-13)19-16-11-10-14-8-4-5-9-15(14)16/h1-9,16H,10-12H2. The van der Waals surface area contributed by atoms with Gasteiger partial charge in [-0.15, -0.1) is 0 Å². The van der Waals surface area contributed by atoms with Crippen molar-refractivity contribution >= 4 is 5.97 Å². The highest BCUT2D eigenvalue weighted by molar-refractivity contribution is 5.73. The number of esters is 1. The lowest BCUT2D eigenvalue weighted by Crippen LogP contribution is -2.11. The minimum atomic E-state index is -0.145. The monoisotopic (exact) mass is 252 g/mol. The van der Waals surface area contributed by atoms with E-state index in [1.54, 1.807) is 0 Å². The highest BCUT2D eigenvalue weighted by Gasteiger charge is 2.25. The molecule has 0 amide bonds. The Morgan fingerprint density at radius 2 is 1.79 bits per heavy atom. The van der Waals surface area contributed by atoms with E-state index in [2.05, 4.69) is 12.1 Å². The molecule has 2 heteroatoms. The van der Waals surface area contributed by atoms with E-state index in [9.17, 15) is 4.79 Å². The molecule has 96 valence electrons. The summed E-state index contributed by atoms with van der Waals surface area (Å²) >= 11 is 0. The van der Waals surface area contributed by atoms with Crippen LogP contribution in [0.25, 0.3) is 0 Å².